The molecule has 0 atom stereocenters. The molecule has 20 heavy (non-hydrogen) atoms. The van der Waals surface area contributed by atoms with Crippen molar-refractivity contribution in [3.8, 4) is 11.8 Å². The van der Waals surface area contributed by atoms with Crippen LogP contribution in [0.25, 0.3) is 0 Å². The van der Waals surface area contributed by atoms with Gasteiger partial charge >= 0.3 is 6.01 Å². The fourth-order valence-electron chi connectivity index (χ4n) is 1.74. The lowest BCUT2D eigenvalue weighted by Crippen LogP contribution is -2.13. The van der Waals surface area contributed by atoms with E-state index in [0.717, 1.165) is 29.9 Å². The van der Waals surface area contributed by atoms with Gasteiger partial charge in [0.15, 0.2) is 0 Å². The number of aryl methyl sites for hydroxylation is 2. The third kappa shape index (κ3) is 3.68. The van der Waals surface area contributed by atoms with Gasteiger partial charge in [-0.25, -0.2) is 4.98 Å². The van der Waals surface area contributed by atoms with Gasteiger partial charge in [0.1, 0.15) is 5.75 Å². The quantitative estimate of drug-likeness (QED) is 0.913. The Morgan fingerprint density at radius 1 is 1.30 bits per heavy atom. The molecule has 1 heterocycles. The fourth-order valence-corrected chi connectivity index (χ4v) is 2.01. The second-order valence-corrected chi connectivity index (χ2v) is 4.99. The van der Waals surface area contributed by atoms with Gasteiger partial charge < -0.3 is 10.1 Å². The zero-order valence-corrected chi connectivity index (χ0v) is 12.7. The molecule has 106 valence electrons. The van der Waals surface area contributed by atoms with Crippen LogP contribution in [-0.4, -0.2) is 16.5 Å². The van der Waals surface area contributed by atoms with Crippen molar-refractivity contribution in [2.45, 2.75) is 27.3 Å². The Hall–Kier alpha value is -1.65. The van der Waals surface area contributed by atoms with E-state index in [1.54, 1.807) is 6.20 Å². The molecule has 1 N–H and O–H groups in total. The van der Waals surface area contributed by atoms with Crippen molar-refractivity contribution in [2.24, 2.45) is 0 Å². The lowest BCUT2D eigenvalue weighted by atomic mass is 10.2. The van der Waals surface area contributed by atoms with E-state index in [4.69, 9.17) is 16.3 Å². The van der Waals surface area contributed by atoms with E-state index in [1.807, 2.05) is 32.0 Å². The summed E-state index contributed by atoms with van der Waals surface area (Å²) >= 11 is 6.13. The van der Waals surface area contributed by atoms with Crippen LogP contribution < -0.4 is 10.1 Å². The normalized spacial score (nSPS) is 10.6. The smallest absolute Gasteiger partial charge is 0.322 e. The SMILES string of the molecule is CCNCc1cnc(Oc2ccc(C)cc2Cl)nc1C. The van der Waals surface area contributed by atoms with Gasteiger partial charge in [0.25, 0.3) is 0 Å². The number of hydrogen-bond donors (Lipinski definition) is 1. The summed E-state index contributed by atoms with van der Waals surface area (Å²) in [5.41, 5.74) is 3.05. The topological polar surface area (TPSA) is 47.0 Å². The van der Waals surface area contributed by atoms with Gasteiger partial charge in [0.2, 0.25) is 0 Å². The van der Waals surface area contributed by atoms with E-state index >= 15 is 0 Å². The minimum atomic E-state index is 0.313. The standard InChI is InChI=1S/C15H18ClN3O/c1-4-17-8-12-9-18-15(19-11(12)3)20-14-6-5-10(2)7-13(14)16/h5-7,9,17H,4,8H2,1-3H3. The van der Waals surface area contributed by atoms with Crippen molar-refractivity contribution in [3.05, 3.63) is 46.2 Å². The molecule has 0 saturated carbocycles. The number of ether oxygens (including phenoxy) is 1. The Balaban J connectivity index is 2.15. The minimum absolute atomic E-state index is 0.313. The summed E-state index contributed by atoms with van der Waals surface area (Å²) in [6, 6.07) is 5.92. The van der Waals surface area contributed by atoms with Crippen molar-refractivity contribution in [1.82, 2.24) is 15.3 Å². The van der Waals surface area contributed by atoms with Gasteiger partial charge in [-0.3, -0.25) is 0 Å². The first kappa shape index (κ1) is 14.8. The van der Waals surface area contributed by atoms with E-state index in [1.165, 1.54) is 0 Å². The maximum Gasteiger partial charge on any atom is 0.322 e. The number of halogens is 1. The van der Waals surface area contributed by atoms with Crippen molar-refractivity contribution in [1.29, 1.82) is 0 Å². The molecule has 0 spiro atoms. The van der Waals surface area contributed by atoms with Gasteiger partial charge in [0.05, 0.1) is 5.02 Å². The van der Waals surface area contributed by atoms with Crippen LogP contribution in [0.1, 0.15) is 23.7 Å². The highest BCUT2D eigenvalue weighted by Crippen LogP contribution is 2.28. The van der Waals surface area contributed by atoms with E-state index in [0.29, 0.717) is 16.8 Å². The van der Waals surface area contributed by atoms with Crippen molar-refractivity contribution in [2.75, 3.05) is 6.54 Å². The zero-order valence-electron chi connectivity index (χ0n) is 11.9. The average Bonchev–Trinajstić information content (AvgIpc) is 2.41. The van der Waals surface area contributed by atoms with Crippen LogP contribution in [0.5, 0.6) is 11.8 Å². The molecule has 0 amide bonds. The molecule has 0 aliphatic rings. The van der Waals surface area contributed by atoms with Gasteiger partial charge in [-0.2, -0.15) is 4.98 Å². The summed E-state index contributed by atoms with van der Waals surface area (Å²) in [6.07, 6.45) is 1.78. The Morgan fingerprint density at radius 2 is 2.10 bits per heavy atom. The molecule has 4 nitrogen and oxygen atoms in total. The Labute approximate surface area is 124 Å². The van der Waals surface area contributed by atoms with Crippen LogP contribution in [0, 0.1) is 13.8 Å². The maximum absolute atomic E-state index is 6.13. The highest BCUT2D eigenvalue weighted by Gasteiger charge is 2.08. The first-order valence-electron chi connectivity index (χ1n) is 6.57. The van der Waals surface area contributed by atoms with Gasteiger partial charge in [-0.15, -0.1) is 0 Å². The van der Waals surface area contributed by atoms with E-state index in [-0.39, 0.29) is 0 Å². The van der Waals surface area contributed by atoms with E-state index in [2.05, 4.69) is 22.2 Å². The summed E-state index contributed by atoms with van der Waals surface area (Å²) in [6.45, 7) is 7.65. The van der Waals surface area contributed by atoms with Crippen molar-refractivity contribution < 1.29 is 4.74 Å². The molecule has 0 unspecified atom stereocenters. The summed E-state index contributed by atoms with van der Waals surface area (Å²) in [7, 11) is 0. The molecule has 0 aliphatic carbocycles. The molecule has 0 fully saturated rings. The van der Waals surface area contributed by atoms with Crippen LogP contribution >= 0.6 is 11.6 Å². The number of aromatic nitrogens is 2. The maximum atomic E-state index is 6.13. The number of hydrogen-bond acceptors (Lipinski definition) is 4. The van der Waals surface area contributed by atoms with Crippen LogP contribution in [0.4, 0.5) is 0 Å². The van der Waals surface area contributed by atoms with E-state index < -0.39 is 0 Å². The van der Waals surface area contributed by atoms with Crippen molar-refractivity contribution >= 4 is 11.6 Å². The van der Waals surface area contributed by atoms with Gasteiger partial charge in [-0.05, 0) is 38.1 Å². The minimum Gasteiger partial charge on any atom is -0.423 e. The second kappa shape index (κ2) is 6.68. The predicted octanol–water partition coefficient (Wildman–Crippen LogP) is 3.65. The van der Waals surface area contributed by atoms with Gasteiger partial charge in [-0.1, -0.05) is 24.6 Å². The lowest BCUT2D eigenvalue weighted by Gasteiger charge is -2.09. The van der Waals surface area contributed by atoms with Crippen LogP contribution in [0.15, 0.2) is 24.4 Å². The van der Waals surface area contributed by atoms with Crippen LogP contribution in [0.3, 0.4) is 0 Å². The van der Waals surface area contributed by atoms with Crippen LogP contribution in [-0.2, 0) is 6.54 Å². The highest BCUT2D eigenvalue weighted by atomic mass is 35.5. The van der Waals surface area contributed by atoms with Gasteiger partial charge in [0, 0.05) is 24.0 Å². The second-order valence-electron chi connectivity index (χ2n) is 4.58. The fraction of sp³-hybridized carbons (Fsp3) is 0.333. The number of benzene rings is 1. The molecule has 0 saturated heterocycles. The third-order valence-electron chi connectivity index (χ3n) is 2.91. The summed E-state index contributed by atoms with van der Waals surface area (Å²) in [4.78, 5) is 8.57. The summed E-state index contributed by atoms with van der Waals surface area (Å²) < 4.78 is 5.63. The predicted molar refractivity (Wildman–Crippen MR) is 80.4 cm³/mol. The summed E-state index contributed by atoms with van der Waals surface area (Å²) in [5, 5.41) is 3.81. The average molecular weight is 292 g/mol. The highest BCUT2D eigenvalue weighted by molar-refractivity contribution is 6.32. The third-order valence-corrected chi connectivity index (χ3v) is 3.21. The molecule has 2 rings (SSSR count). The molecule has 2 aromatic rings. The number of rotatable bonds is 5. The lowest BCUT2D eigenvalue weighted by molar-refractivity contribution is 0.439. The first-order valence-corrected chi connectivity index (χ1v) is 6.95. The molecule has 0 radical (unpaired) electrons. The Bertz CT molecular complexity index is 602. The molecular weight excluding hydrogens is 274 g/mol. The zero-order chi connectivity index (χ0) is 14.5. The Morgan fingerprint density at radius 3 is 2.75 bits per heavy atom. The van der Waals surface area contributed by atoms with Crippen molar-refractivity contribution in [3.63, 3.8) is 0 Å². The summed E-state index contributed by atoms with van der Waals surface area (Å²) in [5.74, 6) is 0.566. The molecule has 0 bridgehead atoms. The molecule has 5 heteroatoms. The van der Waals surface area contributed by atoms with E-state index in [9.17, 15) is 0 Å². The Kier molecular flexibility index (Phi) is 4.93. The first-order chi connectivity index (χ1) is 9.60. The largest absolute Gasteiger partial charge is 0.423 e. The number of nitrogens with one attached hydrogen (secondary N) is 1. The molecule has 1 aromatic heterocycles. The molecule has 0 aliphatic heterocycles. The molecular formula is C15H18ClN3O. The monoisotopic (exact) mass is 291 g/mol. The van der Waals surface area contributed by atoms with Crippen LogP contribution in [0.2, 0.25) is 5.02 Å². The molecule has 1 aromatic carbocycles. The number of nitrogens with zero attached hydrogens (tertiary/aromatic N) is 2.